The first kappa shape index (κ1) is 15.1. The fraction of sp³-hybridized carbons (Fsp3) is 0.647. The summed E-state index contributed by atoms with van der Waals surface area (Å²) in [5, 5.41) is 3.07. The average Bonchev–Trinajstić information content (AvgIpc) is 3.23. The third-order valence-electron chi connectivity index (χ3n) is 5.16. The molecule has 5 nitrogen and oxygen atoms in total. The van der Waals surface area contributed by atoms with E-state index in [1.807, 2.05) is 11.0 Å². The summed E-state index contributed by atoms with van der Waals surface area (Å²) < 4.78 is 6.18. The Morgan fingerprint density at radius 1 is 1.35 bits per heavy atom. The molecule has 2 aliphatic heterocycles. The summed E-state index contributed by atoms with van der Waals surface area (Å²) in [4.78, 5) is 27.9. The van der Waals surface area contributed by atoms with E-state index < -0.39 is 0 Å². The maximum Gasteiger partial charge on any atom is 0.261 e. The van der Waals surface area contributed by atoms with Crippen LogP contribution in [0.4, 0.5) is 0 Å². The summed E-state index contributed by atoms with van der Waals surface area (Å²) in [6.07, 6.45) is 4.73. The van der Waals surface area contributed by atoms with Crippen molar-refractivity contribution >= 4 is 23.2 Å². The predicted molar refractivity (Wildman–Crippen MR) is 87.6 cm³/mol. The van der Waals surface area contributed by atoms with Crippen LogP contribution in [0.3, 0.4) is 0 Å². The van der Waals surface area contributed by atoms with E-state index in [-0.39, 0.29) is 17.4 Å². The summed E-state index contributed by atoms with van der Waals surface area (Å²) in [6.45, 7) is 3.79. The van der Waals surface area contributed by atoms with Gasteiger partial charge in [0, 0.05) is 37.4 Å². The van der Waals surface area contributed by atoms with Crippen molar-refractivity contribution in [1.82, 2.24) is 10.2 Å². The van der Waals surface area contributed by atoms with Crippen molar-refractivity contribution in [2.75, 3.05) is 19.7 Å². The summed E-state index contributed by atoms with van der Waals surface area (Å²) in [6, 6.07) is 2.42. The maximum absolute atomic E-state index is 12.3. The molecule has 23 heavy (non-hydrogen) atoms. The highest BCUT2D eigenvalue weighted by Crippen LogP contribution is 2.44. The fourth-order valence-electron chi connectivity index (χ4n) is 3.61. The van der Waals surface area contributed by atoms with Crippen LogP contribution < -0.4 is 5.32 Å². The van der Waals surface area contributed by atoms with E-state index in [1.165, 1.54) is 10.4 Å². The molecule has 1 saturated heterocycles. The Bertz CT molecular complexity index is 642. The van der Waals surface area contributed by atoms with Gasteiger partial charge in [-0.1, -0.05) is 0 Å². The molecule has 0 atom stereocenters. The molecule has 1 N–H and O–H groups in total. The largest absolute Gasteiger partial charge is 0.370 e. The molecule has 0 aromatic carbocycles. The number of ether oxygens (including phenoxy) is 1. The molecular weight excluding hydrogens is 312 g/mol. The Kier molecular flexibility index (Phi) is 3.69. The second-order valence-corrected chi connectivity index (χ2v) is 7.93. The number of hydrogen-bond acceptors (Lipinski definition) is 4. The molecule has 6 heteroatoms. The van der Waals surface area contributed by atoms with Gasteiger partial charge in [0.05, 0.1) is 17.1 Å². The molecule has 3 aliphatic rings. The van der Waals surface area contributed by atoms with Crippen LogP contribution in [-0.2, 0) is 21.6 Å². The number of rotatable bonds is 2. The number of piperidine rings is 1. The molecule has 1 aromatic heterocycles. The minimum absolute atomic E-state index is 0.0585. The standard InChI is InChI=1S/C17H22N2O3S/c1-11(20)19-7-5-17(6-8-19)13-10-15(16(21)18-12-2-3-12)23-14(13)4-9-22-17/h10,12H,2-9H2,1H3,(H,18,21). The summed E-state index contributed by atoms with van der Waals surface area (Å²) in [7, 11) is 0. The minimum atomic E-state index is -0.297. The van der Waals surface area contributed by atoms with Crippen LogP contribution in [0.5, 0.6) is 0 Å². The van der Waals surface area contributed by atoms with Gasteiger partial charge in [-0.2, -0.15) is 0 Å². The summed E-state index contributed by atoms with van der Waals surface area (Å²) >= 11 is 1.62. The van der Waals surface area contributed by atoms with Crippen LogP contribution in [0.2, 0.25) is 0 Å². The fourth-order valence-corrected chi connectivity index (χ4v) is 4.74. The van der Waals surface area contributed by atoms with Crippen LogP contribution >= 0.6 is 11.3 Å². The van der Waals surface area contributed by atoms with Crippen molar-refractivity contribution in [3.63, 3.8) is 0 Å². The second kappa shape index (κ2) is 5.60. The Hall–Kier alpha value is -1.40. The lowest BCUT2D eigenvalue weighted by Crippen LogP contribution is -2.47. The SMILES string of the molecule is CC(=O)N1CCC2(CC1)OCCc1sc(C(=O)NC3CC3)cc12. The normalized spacial score (nSPS) is 22.7. The van der Waals surface area contributed by atoms with E-state index in [4.69, 9.17) is 4.74 Å². The number of nitrogens with zero attached hydrogens (tertiary/aromatic N) is 1. The Balaban J connectivity index is 1.57. The number of nitrogens with one attached hydrogen (secondary N) is 1. The van der Waals surface area contributed by atoms with Crippen molar-refractivity contribution < 1.29 is 14.3 Å². The molecule has 2 fully saturated rings. The van der Waals surface area contributed by atoms with Gasteiger partial charge < -0.3 is 15.0 Å². The van der Waals surface area contributed by atoms with Crippen LogP contribution in [0.25, 0.3) is 0 Å². The van der Waals surface area contributed by atoms with Gasteiger partial charge in [-0.3, -0.25) is 9.59 Å². The second-order valence-electron chi connectivity index (χ2n) is 6.79. The first-order chi connectivity index (χ1) is 11.1. The minimum Gasteiger partial charge on any atom is -0.370 e. The predicted octanol–water partition coefficient (Wildman–Crippen LogP) is 2.05. The van der Waals surface area contributed by atoms with Crippen LogP contribution in [0.1, 0.15) is 52.7 Å². The third kappa shape index (κ3) is 2.78. The molecule has 2 amide bonds. The van der Waals surface area contributed by atoms with E-state index in [0.717, 1.165) is 50.1 Å². The summed E-state index contributed by atoms with van der Waals surface area (Å²) in [5.41, 5.74) is 0.895. The summed E-state index contributed by atoms with van der Waals surface area (Å²) in [5.74, 6) is 0.189. The molecule has 4 rings (SSSR count). The first-order valence-electron chi connectivity index (χ1n) is 8.41. The van der Waals surface area contributed by atoms with Crippen molar-refractivity contribution in [3.05, 3.63) is 21.4 Å². The number of thiophene rings is 1. The van der Waals surface area contributed by atoms with Crippen molar-refractivity contribution in [2.45, 2.75) is 50.7 Å². The van der Waals surface area contributed by atoms with Gasteiger partial charge in [0.15, 0.2) is 0 Å². The lowest BCUT2D eigenvalue weighted by atomic mass is 9.82. The van der Waals surface area contributed by atoms with Gasteiger partial charge in [0.2, 0.25) is 5.91 Å². The zero-order valence-corrected chi connectivity index (χ0v) is 14.2. The Morgan fingerprint density at radius 3 is 2.74 bits per heavy atom. The number of likely N-dealkylation sites (tertiary alicyclic amines) is 1. The van der Waals surface area contributed by atoms with E-state index in [1.54, 1.807) is 18.3 Å². The number of carbonyl (C=O) groups excluding carboxylic acids is 2. The van der Waals surface area contributed by atoms with E-state index in [2.05, 4.69) is 5.32 Å². The van der Waals surface area contributed by atoms with Gasteiger partial charge in [0.1, 0.15) is 0 Å². The molecule has 1 aliphatic carbocycles. The molecule has 0 bridgehead atoms. The number of carbonyl (C=O) groups is 2. The highest BCUT2D eigenvalue weighted by Gasteiger charge is 2.42. The monoisotopic (exact) mass is 334 g/mol. The molecular formula is C17H22N2O3S. The molecule has 3 heterocycles. The van der Waals surface area contributed by atoms with Crippen molar-refractivity contribution in [2.24, 2.45) is 0 Å². The zero-order chi connectivity index (χ0) is 16.0. The first-order valence-corrected chi connectivity index (χ1v) is 9.23. The van der Waals surface area contributed by atoms with E-state index in [0.29, 0.717) is 12.6 Å². The molecule has 124 valence electrons. The van der Waals surface area contributed by atoms with Gasteiger partial charge in [-0.05, 0) is 37.3 Å². The lowest BCUT2D eigenvalue weighted by molar-refractivity contribution is -0.138. The van der Waals surface area contributed by atoms with Crippen molar-refractivity contribution in [3.8, 4) is 0 Å². The van der Waals surface area contributed by atoms with E-state index in [9.17, 15) is 9.59 Å². The molecule has 1 spiro atoms. The number of fused-ring (bicyclic) bond motifs is 2. The average molecular weight is 334 g/mol. The maximum atomic E-state index is 12.3. The molecule has 0 radical (unpaired) electrons. The lowest BCUT2D eigenvalue weighted by Gasteiger charge is -2.43. The zero-order valence-electron chi connectivity index (χ0n) is 13.4. The highest BCUT2D eigenvalue weighted by molar-refractivity contribution is 7.14. The van der Waals surface area contributed by atoms with Gasteiger partial charge in [-0.15, -0.1) is 11.3 Å². The smallest absolute Gasteiger partial charge is 0.261 e. The van der Waals surface area contributed by atoms with Gasteiger partial charge in [-0.25, -0.2) is 0 Å². The van der Waals surface area contributed by atoms with Crippen LogP contribution in [-0.4, -0.2) is 42.5 Å². The number of amides is 2. The van der Waals surface area contributed by atoms with Crippen LogP contribution in [0.15, 0.2) is 6.07 Å². The third-order valence-corrected chi connectivity index (χ3v) is 6.35. The molecule has 1 aromatic rings. The Labute approximate surface area is 140 Å². The topological polar surface area (TPSA) is 58.6 Å². The van der Waals surface area contributed by atoms with Crippen molar-refractivity contribution in [1.29, 1.82) is 0 Å². The van der Waals surface area contributed by atoms with Gasteiger partial charge >= 0.3 is 0 Å². The van der Waals surface area contributed by atoms with Crippen LogP contribution in [0, 0.1) is 0 Å². The van der Waals surface area contributed by atoms with E-state index >= 15 is 0 Å². The molecule has 0 unspecified atom stereocenters. The highest BCUT2D eigenvalue weighted by atomic mass is 32.1. The molecule has 1 saturated carbocycles. The van der Waals surface area contributed by atoms with Gasteiger partial charge in [0.25, 0.3) is 5.91 Å². The quantitative estimate of drug-likeness (QED) is 0.900. The Morgan fingerprint density at radius 2 is 2.09 bits per heavy atom. The number of hydrogen-bond donors (Lipinski definition) is 1.